The summed E-state index contributed by atoms with van der Waals surface area (Å²) >= 11 is 0. The van der Waals surface area contributed by atoms with Gasteiger partial charge >= 0.3 is 12.1 Å². The number of ether oxygens (including phenoxy) is 2. The fourth-order valence-corrected chi connectivity index (χ4v) is 5.73. The Labute approximate surface area is 287 Å². The molecule has 0 atom stereocenters. The van der Waals surface area contributed by atoms with Crippen molar-refractivity contribution in [2.45, 2.75) is 86.0 Å². The Morgan fingerprint density at radius 3 is 1.96 bits per heavy atom. The molecule has 2 heterocycles. The van der Waals surface area contributed by atoms with Crippen LogP contribution in [0.5, 0.6) is 0 Å². The zero-order valence-corrected chi connectivity index (χ0v) is 29.9. The minimum atomic E-state index is -0.473. The van der Waals surface area contributed by atoms with E-state index in [2.05, 4.69) is 67.8 Å². The molecule has 0 spiro atoms. The van der Waals surface area contributed by atoms with E-state index in [1.807, 2.05) is 44.1 Å². The van der Waals surface area contributed by atoms with Gasteiger partial charge in [-0.05, 0) is 76.8 Å². The summed E-state index contributed by atoms with van der Waals surface area (Å²) in [6.45, 7) is 16.7. The minimum Gasteiger partial charge on any atom is -0.428 e. The quantitative estimate of drug-likeness (QED) is 0.0761. The average Bonchev–Trinajstić information content (AvgIpc) is 3.74. The predicted molar refractivity (Wildman–Crippen MR) is 188 cm³/mol. The molecule has 1 N–H and O–H groups in total. The van der Waals surface area contributed by atoms with Gasteiger partial charge in [0, 0.05) is 64.6 Å². The van der Waals surface area contributed by atoms with Crippen LogP contribution in [0, 0.1) is 0 Å². The number of nitrogens with zero attached hydrogens (tertiary/aromatic N) is 7. The highest BCUT2D eigenvalue weighted by atomic mass is 16.7. The van der Waals surface area contributed by atoms with Gasteiger partial charge in [0.15, 0.2) is 0 Å². The lowest BCUT2D eigenvalue weighted by Crippen LogP contribution is -2.32. The Kier molecular flexibility index (Phi) is 17.7. The molecule has 12 nitrogen and oxygen atoms in total. The lowest BCUT2D eigenvalue weighted by molar-refractivity contribution is -0.152. The number of esters is 1. The standard InChI is InChI=1S/C36H58N8O4/c1-6-20-41(21-7-2)22-10-11-23-42(24-16-35(45)47-30-48-36(46)44(8-3)9-4)26-31-12-14-32(15-13-31)27-43(28-33-37-17-18-38-33)29-34-39-19-25-40(34)5/h12-15,17-19,25H,6-11,16,20-24,26-30H2,1-5H3,(H,37,38). The van der Waals surface area contributed by atoms with Crippen LogP contribution in [0.1, 0.15) is 82.6 Å². The maximum atomic E-state index is 12.6. The second kappa shape index (κ2) is 22.0. The zero-order chi connectivity index (χ0) is 34.6. The van der Waals surface area contributed by atoms with Gasteiger partial charge in [-0.3, -0.25) is 14.6 Å². The lowest BCUT2D eigenvalue weighted by atomic mass is 10.1. The van der Waals surface area contributed by atoms with Crippen molar-refractivity contribution < 1.29 is 19.1 Å². The van der Waals surface area contributed by atoms with Crippen molar-refractivity contribution in [3.05, 3.63) is 71.8 Å². The average molecular weight is 667 g/mol. The summed E-state index contributed by atoms with van der Waals surface area (Å²) in [6.07, 6.45) is 11.7. The largest absolute Gasteiger partial charge is 0.428 e. The molecule has 3 rings (SSSR count). The normalized spacial score (nSPS) is 11.5. The number of hydrogen-bond acceptors (Lipinski definition) is 9. The third-order valence-electron chi connectivity index (χ3n) is 8.38. The van der Waals surface area contributed by atoms with Gasteiger partial charge in [0.05, 0.1) is 19.5 Å². The molecule has 12 heteroatoms. The van der Waals surface area contributed by atoms with E-state index in [0.717, 1.165) is 76.6 Å². The zero-order valence-electron chi connectivity index (χ0n) is 29.9. The van der Waals surface area contributed by atoms with Crippen LogP contribution < -0.4 is 0 Å². The molecular weight excluding hydrogens is 608 g/mol. The first-order valence-electron chi connectivity index (χ1n) is 17.6. The van der Waals surface area contributed by atoms with Crippen LogP contribution in [0.3, 0.4) is 0 Å². The number of aromatic amines is 1. The molecule has 0 unspecified atom stereocenters. The molecule has 3 aromatic rings. The van der Waals surface area contributed by atoms with E-state index in [1.54, 1.807) is 11.1 Å². The third kappa shape index (κ3) is 14.2. The van der Waals surface area contributed by atoms with Gasteiger partial charge in [-0.2, -0.15) is 0 Å². The number of benzene rings is 1. The number of nitrogens with one attached hydrogen (secondary N) is 1. The maximum absolute atomic E-state index is 12.6. The van der Waals surface area contributed by atoms with Gasteiger partial charge < -0.3 is 28.8 Å². The van der Waals surface area contributed by atoms with Gasteiger partial charge in [0.1, 0.15) is 11.6 Å². The van der Waals surface area contributed by atoms with Crippen molar-refractivity contribution in [3.8, 4) is 0 Å². The van der Waals surface area contributed by atoms with Gasteiger partial charge in [-0.25, -0.2) is 14.8 Å². The molecule has 1 amide bonds. The van der Waals surface area contributed by atoms with E-state index in [4.69, 9.17) is 9.47 Å². The van der Waals surface area contributed by atoms with Crippen LogP contribution in [0.2, 0.25) is 0 Å². The number of H-pyrrole nitrogens is 1. The molecule has 0 aliphatic carbocycles. The Bertz CT molecular complexity index is 1290. The number of hydrogen-bond donors (Lipinski definition) is 1. The predicted octanol–water partition coefficient (Wildman–Crippen LogP) is 5.42. The van der Waals surface area contributed by atoms with Crippen molar-refractivity contribution >= 4 is 12.1 Å². The number of rotatable bonds is 24. The Balaban J connectivity index is 1.58. The molecular formula is C36H58N8O4. The van der Waals surface area contributed by atoms with Gasteiger partial charge in [0.25, 0.3) is 0 Å². The molecule has 0 aliphatic heterocycles. The smallest absolute Gasteiger partial charge is 0.412 e. The summed E-state index contributed by atoms with van der Waals surface area (Å²) < 4.78 is 12.4. The van der Waals surface area contributed by atoms with Crippen LogP contribution in [0.4, 0.5) is 4.79 Å². The first kappa shape index (κ1) is 38.7. The monoisotopic (exact) mass is 666 g/mol. The molecule has 0 aliphatic rings. The topological polar surface area (TPSA) is 112 Å². The van der Waals surface area contributed by atoms with E-state index < -0.39 is 6.09 Å². The van der Waals surface area contributed by atoms with E-state index in [-0.39, 0.29) is 19.2 Å². The van der Waals surface area contributed by atoms with Crippen molar-refractivity contribution in [1.29, 1.82) is 0 Å². The number of aryl methyl sites for hydroxylation is 1. The van der Waals surface area contributed by atoms with Gasteiger partial charge in [0.2, 0.25) is 6.79 Å². The first-order valence-corrected chi connectivity index (χ1v) is 17.6. The lowest BCUT2D eigenvalue weighted by Gasteiger charge is -2.24. The van der Waals surface area contributed by atoms with Crippen molar-refractivity contribution in [1.82, 2.24) is 39.1 Å². The Morgan fingerprint density at radius 1 is 0.750 bits per heavy atom. The highest BCUT2D eigenvalue weighted by Gasteiger charge is 2.15. The van der Waals surface area contributed by atoms with E-state index in [1.165, 1.54) is 11.1 Å². The maximum Gasteiger partial charge on any atom is 0.412 e. The molecule has 0 saturated heterocycles. The molecule has 0 saturated carbocycles. The highest BCUT2D eigenvalue weighted by Crippen LogP contribution is 2.15. The highest BCUT2D eigenvalue weighted by molar-refractivity contribution is 5.70. The summed E-state index contributed by atoms with van der Waals surface area (Å²) in [7, 11) is 2.02. The Hall–Kier alpha value is -3.74. The van der Waals surface area contributed by atoms with Crippen LogP contribution in [-0.2, 0) is 47.5 Å². The second-order valence-electron chi connectivity index (χ2n) is 12.2. The molecule has 1 aromatic carbocycles. The number of carbonyl (C=O) groups excluding carboxylic acids is 2. The number of imidazole rings is 2. The number of unbranched alkanes of at least 4 members (excludes halogenated alkanes) is 1. The fourth-order valence-electron chi connectivity index (χ4n) is 5.73. The summed E-state index contributed by atoms with van der Waals surface area (Å²) in [4.78, 5) is 45.5. The minimum absolute atomic E-state index is 0.230. The van der Waals surface area contributed by atoms with Crippen LogP contribution in [0.25, 0.3) is 0 Å². The molecule has 0 fully saturated rings. The molecule has 266 valence electrons. The molecule has 48 heavy (non-hydrogen) atoms. The van der Waals surface area contributed by atoms with Crippen LogP contribution in [-0.4, -0.2) is 104 Å². The Morgan fingerprint density at radius 2 is 1.40 bits per heavy atom. The summed E-state index contributed by atoms with van der Waals surface area (Å²) in [6, 6.07) is 8.74. The summed E-state index contributed by atoms with van der Waals surface area (Å²) in [5, 5.41) is 0. The number of carbonyl (C=O) groups is 2. The van der Waals surface area contributed by atoms with Crippen molar-refractivity contribution in [2.75, 3.05) is 52.6 Å². The summed E-state index contributed by atoms with van der Waals surface area (Å²) in [5.74, 6) is 1.55. The van der Waals surface area contributed by atoms with Crippen LogP contribution >= 0.6 is 0 Å². The van der Waals surface area contributed by atoms with Crippen LogP contribution in [0.15, 0.2) is 49.1 Å². The number of amides is 1. The molecule has 0 radical (unpaired) electrons. The fraction of sp³-hybridized carbons (Fsp3) is 0.611. The van der Waals surface area contributed by atoms with Crippen molar-refractivity contribution in [3.63, 3.8) is 0 Å². The van der Waals surface area contributed by atoms with E-state index >= 15 is 0 Å². The molecule has 0 bridgehead atoms. The second-order valence-corrected chi connectivity index (χ2v) is 12.2. The first-order chi connectivity index (χ1) is 23.3. The van der Waals surface area contributed by atoms with E-state index in [0.29, 0.717) is 32.7 Å². The molecule has 2 aromatic heterocycles. The summed E-state index contributed by atoms with van der Waals surface area (Å²) in [5.41, 5.74) is 2.40. The van der Waals surface area contributed by atoms with Gasteiger partial charge in [-0.15, -0.1) is 0 Å². The van der Waals surface area contributed by atoms with Gasteiger partial charge in [-0.1, -0.05) is 38.1 Å². The SMILES string of the molecule is CCCN(CCC)CCCCN(CCC(=O)OCOC(=O)N(CC)CC)Cc1ccc(CN(Cc2ncc[nH]2)Cc2nccn2C)cc1. The number of aromatic nitrogens is 4. The van der Waals surface area contributed by atoms with Crippen molar-refractivity contribution in [2.24, 2.45) is 7.05 Å². The van der Waals surface area contributed by atoms with E-state index in [9.17, 15) is 9.59 Å². The third-order valence-corrected chi connectivity index (χ3v) is 8.38.